The number of furan rings is 2. The number of hydrogen-bond donors (Lipinski definition) is 0. The zero-order valence-corrected chi connectivity index (χ0v) is 30.2. The molecule has 4 heteroatoms. The Balaban J connectivity index is 0.979. The second-order valence-corrected chi connectivity index (χ2v) is 14.1. The molecule has 0 saturated carbocycles. The van der Waals surface area contributed by atoms with Gasteiger partial charge in [-0.05, 0) is 69.3 Å². The van der Waals surface area contributed by atoms with Crippen molar-refractivity contribution in [1.82, 2.24) is 9.97 Å². The predicted octanol–water partition coefficient (Wildman–Crippen LogP) is 14.3. The SMILES string of the molecule is c1ccc(-c2ccc(-c3cccc(-c4cccc(-c5nc(-c6ccc(-c7cccc8c7oc7ccccc78)cc6)c6oc7ccccc7c6n5)c4)c3)cc2)cc1. The van der Waals surface area contributed by atoms with Crippen molar-refractivity contribution in [3.8, 4) is 67.2 Å². The van der Waals surface area contributed by atoms with Crippen molar-refractivity contribution in [2.24, 2.45) is 0 Å². The Kier molecular flexibility index (Phi) is 7.46. The van der Waals surface area contributed by atoms with Crippen molar-refractivity contribution < 1.29 is 8.83 Å². The van der Waals surface area contributed by atoms with E-state index in [0.717, 1.165) is 83.1 Å². The van der Waals surface area contributed by atoms with Gasteiger partial charge in [-0.15, -0.1) is 0 Å². The normalized spacial score (nSPS) is 11.6. The largest absolute Gasteiger partial charge is 0.455 e. The fourth-order valence-electron chi connectivity index (χ4n) is 7.90. The molecule has 0 bridgehead atoms. The van der Waals surface area contributed by atoms with Crippen molar-refractivity contribution in [2.75, 3.05) is 0 Å². The monoisotopic (exact) mass is 716 g/mol. The van der Waals surface area contributed by atoms with Crippen LogP contribution in [0.3, 0.4) is 0 Å². The number of fused-ring (bicyclic) bond motifs is 6. The van der Waals surface area contributed by atoms with Gasteiger partial charge < -0.3 is 8.83 Å². The van der Waals surface area contributed by atoms with Crippen LogP contribution in [-0.2, 0) is 0 Å². The molecule has 0 unspecified atom stereocenters. The van der Waals surface area contributed by atoms with E-state index < -0.39 is 0 Å². The van der Waals surface area contributed by atoms with Crippen LogP contribution in [0.25, 0.3) is 111 Å². The van der Waals surface area contributed by atoms with E-state index >= 15 is 0 Å². The van der Waals surface area contributed by atoms with Crippen LogP contribution >= 0.6 is 0 Å². The molecule has 4 nitrogen and oxygen atoms in total. The molecule has 0 saturated heterocycles. The van der Waals surface area contributed by atoms with Gasteiger partial charge >= 0.3 is 0 Å². The number of benzene rings is 8. The van der Waals surface area contributed by atoms with Crippen LogP contribution in [0.1, 0.15) is 0 Å². The molecule has 56 heavy (non-hydrogen) atoms. The maximum absolute atomic E-state index is 6.48. The standard InChI is InChI=1S/C52H32N2O2/c1-2-11-33(12-3-1)34-23-25-35(26-24-34)38-13-8-14-39(31-38)40-15-9-16-41(32-40)52-53-48(51-49(54-52)45-18-5-7-22-47(45)56-51)37-29-27-36(28-30-37)42-19-10-20-44-43-17-4-6-21-46(43)55-50(42)44/h1-32H. The molecule has 8 aromatic carbocycles. The van der Waals surface area contributed by atoms with E-state index in [-0.39, 0.29) is 0 Å². The number of hydrogen-bond acceptors (Lipinski definition) is 4. The van der Waals surface area contributed by atoms with Crippen LogP contribution in [0.4, 0.5) is 0 Å². The molecular weight excluding hydrogens is 685 g/mol. The van der Waals surface area contributed by atoms with Gasteiger partial charge in [0.05, 0.1) is 0 Å². The van der Waals surface area contributed by atoms with Gasteiger partial charge in [-0.1, -0.05) is 164 Å². The van der Waals surface area contributed by atoms with Gasteiger partial charge in [0.25, 0.3) is 0 Å². The van der Waals surface area contributed by atoms with Crippen LogP contribution in [0.2, 0.25) is 0 Å². The summed E-state index contributed by atoms with van der Waals surface area (Å²) < 4.78 is 12.8. The number of para-hydroxylation sites is 3. The minimum atomic E-state index is 0.643. The highest BCUT2D eigenvalue weighted by atomic mass is 16.3. The van der Waals surface area contributed by atoms with Gasteiger partial charge in [0.1, 0.15) is 28.0 Å². The summed E-state index contributed by atoms with van der Waals surface area (Å²) in [5, 5.41) is 3.19. The Labute approximate surface area is 323 Å². The van der Waals surface area contributed by atoms with Crippen LogP contribution in [-0.4, -0.2) is 9.97 Å². The van der Waals surface area contributed by atoms with E-state index in [1.54, 1.807) is 0 Å². The first-order valence-corrected chi connectivity index (χ1v) is 18.8. The fourth-order valence-corrected chi connectivity index (χ4v) is 7.90. The zero-order valence-electron chi connectivity index (χ0n) is 30.2. The summed E-state index contributed by atoms with van der Waals surface area (Å²) in [7, 11) is 0. The molecule has 0 aliphatic carbocycles. The molecule has 0 amide bonds. The second-order valence-electron chi connectivity index (χ2n) is 14.1. The molecule has 262 valence electrons. The van der Waals surface area contributed by atoms with Gasteiger partial charge in [-0.25, -0.2) is 9.97 Å². The van der Waals surface area contributed by atoms with E-state index in [2.05, 4.69) is 158 Å². The Morgan fingerprint density at radius 3 is 1.54 bits per heavy atom. The van der Waals surface area contributed by atoms with Crippen LogP contribution in [0, 0.1) is 0 Å². The highest BCUT2D eigenvalue weighted by molar-refractivity contribution is 6.10. The van der Waals surface area contributed by atoms with E-state index in [1.807, 2.05) is 36.4 Å². The van der Waals surface area contributed by atoms with Crippen LogP contribution in [0.5, 0.6) is 0 Å². The molecular formula is C52H32N2O2. The summed E-state index contributed by atoms with van der Waals surface area (Å²) in [6.07, 6.45) is 0. The molecule has 11 rings (SSSR count). The summed E-state index contributed by atoms with van der Waals surface area (Å²) in [4.78, 5) is 10.4. The molecule has 0 atom stereocenters. The molecule has 0 radical (unpaired) electrons. The average Bonchev–Trinajstić information content (AvgIpc) is 3.85. The molecule has 0 fully saturated rings. The first-order valence-electron chi connectivity index (χ1n) is 18.8. The maximum Gasteiger partial charge on any atom is 0.180 e. The second kappa shape index (κ2) is 13.1. The topological polar surface area (TPSA) is 52.1 Å². The lowest BCUT2D eigenvalue weighted by molar-refractivity contribution is 0.667. The summed E-state index contributed by atoms with van der Waals surface area (Å²) in [6.45, 7) is 0. The molecule has 3 aromatic heterocycles. The highest BCUT2D eigenvalue weighted by Gasteiger charge is 2.19. The van der Waals surface area contributed by atoms with E-state index in [4.69, 9.17) is 18.8 Å². The summed E-state index contributed by atoms with van der Waals surface area (Å²) >= 11 is 0. The lowest BCUT2D eigenvalue weighted by atomic mass is 9.96. The van der Waals surface area contributed by atoms with Crippen molar-refractivity contribution in [2.45, 2.75) is 0 Å². The number of aromatic nitrogens is 2. The average molecular weight is 717 g/mol. The van der Waals surface area contributed by atoms with Gasteiger partial charge in [0, 0.05) is 32.8 Å². The number of nitrogens with zero attached hydrogens (tertiary/aromatic N) is 2. The van der Waals surface area contributed by atoms with E-state index in [0.29, 0.717) is 11.4 Å². The third kappa shape index (κ3) is 5.47. The van der Waals surface area contributed by atoms with Crippen LogP contribution in [0.15, 0.2) is 203 Å². The Hall–Kier alpha value is -7.56. The van der Waals surface area contributed by atoms with Crippen molar-refractivity contribution >= 4 is 44.0 Å². The summed E-state index contributed by atoms with van der Waals surface area (Å²) in [5.41, 5.74) is 15.7. The third-order valence-electron chi connectivity index (χ3n) is 10.7. The molecule has 0 spiro atoms. The first kappa shape index (κ1) is 31.9. The minimum Gasteiger partial charge on any atom is -0.455 e. The smallest absolute Gasteiger partial charge is 0.180 e. The van der Waals surface area contributed by atoms with Crippen molar-refractivity contribution in [3.63, 3.8) is 0 Å². The first-order chi connectivity index (χ1) is 27.7. The lowest BCUT2D eigenvalue weighted by Crippen LogP contribution is -1.94. The summed E-state index contributed by atoms with van der Waals surface area (Å²) in [5.74, 6) is 0.643. The molecule has 0 aliphatic heterocycles. The molecule has 11 aromatic rings. The van der Waals surface area contributed by atoms with Crippen molar-refractivity contribution in [3.05, 3.63) is 194 Å². The Morgan fingerprint density at radius 2 is 0.786 bits per heavy atom. The van der Waals surface area contributed by atoms with Gasteiger partial charge in [0.2, 0.25) is 0 Å². The minimum absolute atomic E-state index is 0.643. The molecule has 3 heterocycles. The van der Waals surface area contributed by atoms with Crippen LogP contribution < -0.4 is 0 Å². The quantitative estimate of drug-likeness (QED) is 0.172. The highest BCUT2D eigenvalue weighted by Crippen LogP contribution is 2.39. The maximum atomic E-state index is 6.48. The lowest BCUT2D eigenvalue weighted by Gasteiger charge is -2.10. The Morgan fingerprint density at radius 1 is 0.304 bits per heavy atom. The van der Waals surface area contributed by atoms with Gasteiger partial charge in [-0.2, -0.15) is 0 Å². The molecule has 0 N–H and O–H groups in total. The van der Waals surface area contributed by atoms with Crippen molar-refractivity contribution in [1.29, 1.82) is 0 Å². The molecule has 0 aliphatic rings. The predicted molar refractivity (Wildman–Crippen MR) is 229 cm³/mol. The van der Waals surface area contributed by atoms with Gasteiger partial charge in [-0.3, -0.25) is 0 Å². The summed E-state index contributed by atoms with van der Waals surface area (Å²) in [6, 6.07) is 67.5. The Bertz CT molecular complexity index is 3230. The third-order valence-corrected chi connectivity index (χ3v) is 10.7. The fraction of sp³-hybridized carbons (Fsp3) is 0. The zero-order chi connectivity index (χ0) is 37.0. The van der Waals surface area contributed by atoms with Gasteiger partial charge in [0.15, 0.2) is 11.4 Å². The van der Waals surface area contributed by atoms with E-state index in [9.17, 15) is 0 Å². The van der Waals surface area contributed by atoms with E-state index in [1.165, 1.54) is 16.7 Å². The number of rotatable bonds is 6.